The molecule has 0 spiro atoms. The Morgan fingerprint density at radius 3 is 2.42 bits per heavy atom. The summed E-state index contributed by atoms with van der Waals surface area (Å²) in [5.74, 6) is 0.282. The lowest BCUT2D eigenvalue weighted by Gasteiger charge is -2.33. The Morgan fingerprint density at radius 1 is 1.00 bits per heavy atom. The highest BCUT2D eigenvalue weighted by molar-refractivity contribution is 7.18. The van der Waals surface area contributed by atoms with Gasteiger partial charge in [-0.05, 0) is 30.4 Å². The Bertz CT molecular complexity index is 862. The van der Waals surface area contributed by atoms with Crippen molar-refractivity contribution in [1.82, 2.24) is 10.2 Å². The molecule has 1 atom stereocenters. The molecule has 1 saturated heterocycles. The number of benzene rings is 2. The fourth-order valence-corrected chi connectivity index (χ4v) is 4.63. The smallest absolute Gasteiger partial charge is 0.208 e. The number of anilines is 1. The van der Waals surface area contributed by atoms with Gasteiger partial charge in [-0.3, -0.25) is 0 Å². The second-order valence-electron chi connectivity index (χ2n) is 6.55. The minimum absolute atomic E-state index is 0.282. The Kier molecular flexibility index (Phi) is 5.20. The van der Waals surface area contributed by atoms with Gasteiger partial charge in [0.1, 0.15) is 0 Å². The average Bonchev–Trinajstić information content (AvgIpc) is 3.18. The molecule has 2 heterocycles. The Morgan fingerprint density at radius 2 is 1.69 bits per heavy atom. The van der Waals surface area contributed by atoms with Crippen LogP contribution in [0.3, 0.4) is 0 Å². The van der Waals surface area contributed by atoms with Crippen molar-refractivity contribution in [1.29, 1.82) is 0 Å². The average molecular weight is 386 g/mol. The summed E-state index contributed by atoms with van der Waals surface area (Å²) < 4.78 is 0. The van der Waals surface area contributed by atoms with Gasteiger partial charge >= 0.3 is 0 Å². The van der Waals surface area contributed by atoms with Crippen LogP contribution in [0.2, 0.25) is 5.02 Å². The molecule has 0 radical (unpaired) electrons. The maximum Gasteiger partial charge on any atom is 0.208 e. The molecule has 0 aliphatic carbocycles. The molecule has 0 amide bonds. The molecule has 1 aliphatic heterocycles. The zero-order valence-electron chi connectivity index (χ0n) is 14.3. The third-order valence-corrected chi connectivity index (χ3v) is 6.26. The van der Waals surface area contributed by atoms with Crippen molar-refractivity contribution in [2.24, 2.45) is 5.92 Å². The summed E-state index contributed by atoms with van der Waals surface area (Å²) in [5.41, 5.74) is 1.93. The van der Waals surface area contributed by atoms with E-state index < -0.39 is 6.10 Å². The van der Waals surface area contributed by atoms with Gasteiger partial charge in [-0.1, -0.05) is 71.5 Å². The van der Waals surface area contributed by atoms with Gasteiger partial charge in [0.15, 0.2) is 5.01 Å². The summed E-state index contributed by atoms with van der Waals surface area (Å²) in [6.45, 7) is 1.76. The lowest BCUT2D eigenvalue weighted by molar-refractivity contribution is 0.0929. The maximum atomic E-state index is 10.6. The second kappa shape index (κ2) is 7.74. The Balaban J connectivity index is 1.42. The summed E-state index contributed by atoms with van der Waals surface area (Å²) in [6, 6.07) is 17.6. The number of nitrogens with zero attached hydrogens (tertiary/aromatic N) is 3. The highest BCUT2D eigenvalue weighted by atomic mass is 35.5. The first-order valence-corrected chi connectivity index (χ1v) is 9.98. The maximum absolute atomic E-state index is 10.6. The highest BCUT2D eigenvalue weighted by Gasteiger charge is 2.27. The molecule has 0 bridgehead atoms. The van der Waals surface area contributed by atoms with E-state index in [1.807, 2.05) is 54.6 Å². The van der Waals surface area contributed by atoms with E-state index in [1.165, 1.54) is 0 Å². The second-order valence-corrected chi connectivity index (χ2v) is 7.91. The van der Waals surface area contributed by atoms with Crippen LogP contribution in [-0.4, -0.2) is 28.4 Å². The number of halogens is 1. The molecule has 3 aromatic rings. The molecule has 1 aromatic heterocycles. The van der Waals surface area contributed by atoms with Crippen LogP contribution < -0.4 is 4.90 Å². The first kappa shape index (κ1) is 17.5. The van der Waals surface area contributed by atoms with E-state index in [1.54, 1.807) is 11.3 Å². The van der Waals surface area contributed by atoms with Crippen LogP contribution in [0, 0.1) is 5.92 Å². The number of hydrogen-bond donors (Lipinski definition) is 1. The predicted molar refractivity (Wildman–Crippen MR) is 107 cm³/mol. The van der Waals surface area contributed by atoms with E-state index in [4.69, 9.17) is 11.6 Å². The normalized spacial score (nSPS) is 16.6. The zero-order valence-corrected chi connectivity index (χ0v) is 15.8. The molecule has 1 fully saturated rings. The molecule has 134 valence electrons. The van der Waals surface area contributed by atoms with E-state index in [9.17, 15) is 5.11 Å². The summed E-state index contributed by atoms with van der Waals surface area (Å²) in [7, 11) is 0. The lowest BCUT2D eigenvalue weighted by atomic mass is 9.87. The Hall–Kier alpha value is -1.95. The van der Waals surface area contributed by atoms with Crippen LogP contribution >= 0.6 is 22.9 Å². The van der Waals surface area contributed by atoms with E-state index >= 15 is 0 Å². The summed E-state index contributed by atoms with van der Waals surface area (Å²) in [4.78, 5) is 2.26. The van der Waals surface area contributed by atoms with Crippen LogP contribution in [0.1, 0.15) is 24.5 Å². The van der Waals surface area contributed by atoms with Crippen LogP contribution in [0.15, 0.2) is 54.6 Å². The van der Waals surface area contributed by atoms with Gasteiger partial charge in [0.2, 0.25) is 5.13 Å². The quantitative estimate of drug-likeness (QED) is 0.700. The van der Waals surface area contributed by atoms with E-state index in [0.717, 1.165) is 47.2 Å². The monoisotopic (exact) mass is 385 g/mol. The number of aliphatic hydroxyl groups is 1. The summed E-state index contributed by atoms with van der Waals surface area (Å²) in [6.07, 6.45) is 1.49. The van der Waals surface area contributed by atoms with Crippen molar-refractivity contribution in [2.45, 2.75) is 18.9 Å². The van der Waals surface area contributed by atoms with Crippen LogP contribution in [0.25, 0.3) is 10.6 Å². The molecule has 1 N–H and O–H groups in total. The number of piperidine rings is 1. The number of hydrogen-bond acceptors (Lipinski definition) is 5. The van der Waals surface area contributed by atoms with Crippen molar-refractivity contribution in [3.63, 3.8) is 0 Å². The Labute approximate surface area is 162 Å². The zero-order chi connectivity index (χ0) is 17.9. The molecule has 2 aromatic carbocycles. The van der Waals surface area contributed by atoms with Crippen LogP contribution in [0.5, 0.6) is 0 Å². The number of aromatic nitrogens is 2. The van der Waals surface area contributed by atoms with Crippen LogP contribution in [0.4, 0.5) is 5.13 Å². The minimum atomic E-state index is -0.397. The molecular weight excluding hydrogens is 366 g/mol. The van der Waals surface area contributed by atoms with Gasteiger partial charge in [0.25, 0.3) is 0 Å². The number of rotatable bonds is 4. The molecule has 26 heavy (non-hydrogen) atoms. The van der Waals surface area contributed by atoms with Crippen LogP contribution in [-0.2, 0) is 0 Å². The first-order valence-electron chi connectivity index (χ1n) is 8.79. The molecule has 0 saturated carbocycles. The van der Waals surface area contributed by atoms with E-state index in [0.29, 0.717) is 5.02 Å². The van der Waals surface area contributed by atoms with Crippen molar-refractivity contribution in [3.05, 3.63) is 65.2 Å². The van der Waals surface area contributed by atoms with Gasteiger partial charge in [-0.25, -0.2) is 0 Å². The fraction of sp³-hybridized carbons (Fsp3) is 0.300. The molecular formula is C20H20ClN3OS. The molecule has 1 unspecified atom stereocenters. The summed E-state index contributed by atoms with van der Waals surface area (Å²) >= 11 is 7.83. The minimum Gasteiger partial charge on any atom is -0.388 e. The van der Waals surface area contributed by atoms with Gasteiger partial charge in [0, 0.05) is 18.7 Å². The fourth-order valence-electron chi connectivity index (χ4n) is 3.42. The van der Waals surface area contributed by atoms with Crippen molar-refractivity contribution < 1.29 is 5.11 Å². The van der Waals surface area contributed by atoms with Gasteiger partial charge in [-0.15, -0.1) is 10.2 Å². The molecule has 1 aliphatic rings. The topological polar surface area (TPSA) is 49.2 Å². The standard InChI is InChI=1S/C20H20ClN3OS/c21-17-9-5-4-8-16(17)19-22-23-20(26-19)24-12-10-15(11-13-24)18(25)14-6-2-1-3-7-14/h1-9,15,18,25H,10-13H2. The van der Waals surface area contributed by atoms with Gasteiger partial charge in [-0.2, -0.15) is 0 Å². The third kappa shape index (κ3) is 3.61. The lowest BCUT2D eigenvalue weighted by Crippen LogP contribution is -2.35. The van der Waals surface area contributed by atoms with Crippen molar-refractivity contribution >= 4 is 28.1 Å². The van der Waals surface area contributed by atoms with Gasteiger partial charge < -0.3 is 10.0 Å². The molecule has 6 heteroatoms. The van der Waals surface area contributed by atoms with E-state index in [2.05, 4.69) is 15.1 Å². The largest absolute Gasteiger partial charge is 0.388 e. The molecule has 4 nitrogen and oxygen atoms in total. The third-order valence-electron chi connectivity index (χ3n) is 4.92. The molecule has 4 rings (SSSR count). The predicted octanol–water partition coefficient (Wildman–Crippen LogP) is 4.81. The van der Waals surface area contributed by atoms with E-state index in [-0.39, 0.29) is 5.92 Å². The highest BCUT2D eigenvalue weighted by Crippen LogP contribution is 2.36. The van der Waals surface area contributed by atoms with Crippen molar-refractivity contribution in [2.75, 3.05) is 18.0 Å². The van der Waals surface area contributed by atoms with Gasteiger partial charge in [0.05, 0.1) is 11.1 Å². The first-order chi connectivity index (χ1) is 12.7. The van der Waals surface area contributed by atoms with Crippen molar-refractivity contribution in [3.8, 4) is 10.6 Å². The summed E-state index contributed by atoms with van der Waals surface area (Å²) in [5, 5.41) is 21.8. The SMILES string of the molecule is OC(c1ccccc1)C1CCN(c2nnc(-c3ccccc3Cl)s2)CC1. The number of aliphatic hydroxyl groups excluding tert-OH is 1.